The van der Waals surface area contributed by atoms with E-state index in [1.54, 1.807) is 0 Å². The van der Waals surface area contributed by atoms with Gasteiger partial charge in [-0.2, -0.15) is 11.8 Å². The van der Waals surface area contributed by atoms with Gasteiger partial charge in [0.15, 0.2) is 0 Å². The molecular weight excluding hydrogens is 118 g/mol. The second-order valence-electron chi connectivity index (χ2n) is 2.20. The molecule has 1 rings (SSSR count). The van der Waals surface area contributed by atoms with E-state index in [1.165, 1.54) is 5.75 Å². The highest BCUT2D eigenvalue weighted by atomic mass is 32.2. The highest BCUT2D eigenvalue weighted by Crippen LogP contribution is 2.27. The smallest absolute Gasteiger partial charge is 0.0274 e. The van der Waals surface area contributed by atoms with Gasteiger partial charge in [0, 0.05) is 17.0 Å². The average molecular weight is 131 g/mol. The summed E-state index contributed by atoms with van der Waals surface area (Å²) >= 11 is 2.05. The maximum atomic E-state index is 3.41. The molecule has 1 aliphatic heterocycles. The molecule has 1 aliphatic rings. The molecule has 1 saturated heterocycles. The van der Waals surface area contributed by atoms with E-state index in [4.69, 9.17) is 0 Å². The first-order chi connectivity index (χ1) is 3.84. The number of hydrogen-bond donors (Lipinski definition) is 1. The lowest BCUT2D eigenvalue weighted by Crippen LogP contribution is -2.46. The molecule has 48 valence electrons. The van der Waals surface area contributed by atoms with Gasteiger partial charge in [-0.05, 0) is 6.54 Å². The Balaban J connectivity index is 2.08. The second kappa shape index (κ2) is 2.74. The maximum absolute atomic E-state index is 3.41. The molecule has 1 N–H and O–H groups in total. The Hall–Kier alpha value is 0.310. The Kier molecular flexibility index (Phi) is 2.20. The van der Waals surface area contributed by atoms with E-state index < -0.39 is 0 Å². The van der Waals surface area contributed by atoms with Crippen LogP contribution in [0.25, 0.3) is 0 Å². The third kappa shape index (κ3) is 1.17. The van der Waals surface area contributed by atoms with Crippen molar-refractivity contribution in [1.29, 1.82) is 0 Å². The van der Waals surface area contributed by atoms with Crippen molar-refractivity contribution < 1.29 is 0 Å². The van der Waals surface area contributed by atoms with Crippen LogP contribution in [0.2, 0.25) is 0 Å². The van der Waals surface area contributed by atoms with Crippen molar-refractivity contribution in [3.63, 3.8) is 0 Å². The molecule has 2 atom stereocenters. The Bertz CT molecular complexity index is 74.9. The predicted octanol–water partition coefficient (Wildman–Crippen LogP) is 1.10. The van der Waals surface area contributed by atoms with E-state index in [-0.39, 0.29) is 0 Å². The van der Waals surface area contributed by atoms with Crippen LogP contribution >= 0.6 is 11.8 Å². The van der Waals surface area contributed by atoms with Crippen LogP contribution in [0.4, 0.5) is 0 Å². The zero-order valence-corrected chi connectivity index (χ0v) is 6.29. The van der Waals surface area contributed by atoms with Gasteiger partial charge in [0.25, 0.3) is 0 Å². The predicted molar refractivity (Wildman–Crippen MR) is 39.4 cm³/mol. The van der Waals surface area contributed by atoms with Crippen molar-refractivity contribution in [2.75, 3.05) is 12.3 Å². The summed E-state index contributed by atoms with van der Waals surface area (Å²) in [6.07, 6.45) is 0. The van der Waals surface area contributed by atoms with Gasteiger partial charge in [-0.25, -0.2) is 0 Å². The summed E-state index contributed by atoms with van der Waals surface area (Å²) in [5, 5.41) is 4.27. The van der Waals surface area contributed by atoms with Crippen LogP contribution in [0.15, 0.2) is 0 Å². The second-order valence-corrected chi connectivity index (χ2v) is 3.61. The van der Waals surface area contributed by atoms with Crippen molar-refractivity contribution >= 4 is 11.8 Å². The van der Waals surface area contributed by atoms with Crippen LogP contribution < -0.4 is 5.32 Å². The van der Waals surface area contributed by atoms with Gasteiger partial charge in [-0.15, -0.1) is 0 Å². The molecule has 1 nitrogen and oxygen atoms in total. The van der Waals surface area contributed by atoms with Crippen molar-refractivity contribution in [3.8, 4) is 0 Å². The maximum Gasteiger partial charge on any atom is 0.0274 e. The summed E-state index contributed by atoms with van der Waals surface area (Å²) in [6.45, 7) is 5.56. The minimum Gasteiger partial charge on any atom is -0.312 e. The summed E-state index contributed by atoms with van der Waals surface area (Å²) < 4.78 is 0. The van der Waals surface area contributed by atoms with Crippen molar-refractivity contribution in [1.82, 2.24) is 5.32 Å². The number of thioether (sulfide) groups is 1. The highest BCUT2D eigenvalue weighted by molar-refractivity contribution is 8.01. The van der Waals surface area contributed by atoms with Crippen LogP contribution in [0, 0.1) is 0 Å². The molecule has 2 heteroatoms. The Morgan fingerprint density at radius 3 is 2.62 bits per heavy atom. The summed E-state index contributed by atoms with van der Waals surface area (Å²) in [5.41, 5.74) is 0. The van der Waals surface area contributed by atoms with Gasteiger partial charge >= 0.3 is 0 Å². The van der Waals surface area contributed by atoms with Crippen molar-refractivity contribution in [2.24, 2.45) is 0 Å². The van der Waals surface area contributed by atoms with Gasteiger partial charge in [0.2, 0.25) is 0 Å². The normalized spacial score (nSPS) is 36.8. The first-order valence-electron chi connectivity index (χ1n) is 3.19. The molecule has 0 radical (unpaired) electrons. The monoisotopic (exact) mass is 131 g/mol. The summed E-state index contributed by atoms with van der Waals surface area (Å²) in [4.78, 5) is 0. The van der Waals surface area contributed by atoms with Crippen LogP contribution in [0.1, 0.15) is 13.8 Å². The van der Waals surface area contributed by atoms with E-state index in [1.807, 2.05) is 11.8 Å². The minimum absolute atomic E-state index is 0.810. The van der Waals surface area contributed by atoms with Gasteiger partial charge in [0.1, 0.15) is 0 Å². The van der Waals surface area contributed by atoms with Gasteiger partial charge in [-0.3, -0.25) is 0 Å². The highest BCUT2D eigenvalue weighted by Gasteiger charge is 2.25. The third-order valence-corrected chi connectivity index (χ3v) is 2.98. The van der Waals surface area contributed by atoms with Gasteiger partial charge in [-0.1, -0.05) is 13.8 Å². The molecule has 0 amide bonds. The number of rotatable bonds is 2. The average Bonchev–Trinajstić information content (AvgIpc) is 1.79. The summed E-state index contributed by atoms with van der Waals surface area (Å²) in [5.74, 6) is 1.31. The molecule has 0 bridgehead atoms. The van der Waals surface area contributed by atoms with E-state index >= 15 is 0 Å². The van der Waals surface area contributed by atoms with Crippen LogP contribution in [0.5, 0.6) is 0 Å². The van der Waals surface area contributed by atoms with Crippen LogP contribution in [-0.4, -0.2) is 23.6 Å². The molecule has 0 aromatic heterocycles. The van der Waals surface area contributed by atoms with Crippen molar-refractivity contribution in [3.05, 3.63) is 0 Å². The first-order valence-corrected chi connectivity index (χ1v) is 4.24. The summed E-state index contributed by atoms with van der Waals surface area (Å²) in [6, 6.07) is 0.810. The third-order valence-electron chi connectivity index (χ3n) is 1.57. The zero-order valence-electron chi connectivity index (χ0n) is 5.48. The van der Waals surface area contributed by atoms with Crippen LogP contribution in [0.3, 0.4) is 0 Å². The lowest BCUT2D eigenvalue weighted by atomic mass is 10.2. The van der Waals surface area contributed by atoms with Crippen molar-refractivity contribution in [2.45, 2.75) is 25.1 Å². The number of hydrogen-bond acceptors (Lipinski definition) is 2. The molecule has 1 fully saturated rings. The molecular formula is C6H13NS. The Morgan fingerprint density at radius 2 is 2.50 bits per heavy atom. The molecule has 0 aromatic carbocycles. The SMILES string of the molecule is CCNC1CSC1C. The largest absolute Gasteiger partial charge is 0.312 e. The lowest BCUT2D eigenvalue weighted by Gasteiger charge is -2.33. The Morgan fingerprint density at radius 1 is 1.75 bits per heavy atom. The fraction of sp³-hybridized carbons (Fsp3) is 1.00. The standard InChI is InChI=1S/C6H13NS/c1-3-7-6-4-8-5(6)2/h5-7H,3-4H2,1-2H3. The Labute approximate surface area is 55.2 Å². The van der Waals surface area contributed by atoms with Gasteiger partial charge in [0.05, 0.1) is 0 Å². The van der Waals surface area contributed by atoms with E-state index in [0.29, 0.717) is 0 Å². The van der Waals surface area contributed by atoms with E-state index in [2.05, 4.69) is 19.2 Å². The molecule has 0 aliphatic carbocycles. The lowest BCUT2D eigenvalue weighted by molar-refractivity contribution is 0.543. The molecule has 1 heterocycles. The minimum atomic E-state index is 0.810. The van der Waals surface area contributed by atoms with Gasteiger partial charge < -0.3 is 5.32 Å². The zero-order chi connectivity index (χ0) is 5.98. The molecule has 8 heavy (non-hydrogen) atoms. The quantitative estimate of drug-likeness (QED) is 0.602. The van der Waals surface area contributed by atoms with E-state index in [9.17, 15) is 0 Å². The number of nitrogens with one attached hydrogen (secondary N) is 1. The van der Waals surface area contributed by atoms with E-state index in [0.717, 1.165) is 17.8 Å². The fourth-order valence-electron chi connectivity index (χ4n) is 0.872. The fourth-order valence-corrected chi connectivity index (χ4v) is 1.86. The topological polar surface area (TPSA) is 12.0 Å². The molecule has 2 unspecified atom stereocenters. The van der Waals surface area contributed by atoms with Crippen LogP contribution in [-0.2, 0) is 0 Å². The first kappa shape index (κ1) is 6.43. The molecule has 0 spiro atoms. The summed E-state index contributed by atoms with van der Waals surface area (Å²) in [7, 11) is 0. The molecule has 0 aromatic rings. The molecule has 0 saturated carbocycles.